The molecule has 2 aromatic carbocycles. The van der Waals surface area contributed by atoms with Gasteiger partial charge in [-0.25, -0.2) is 0 Å². The Morgan fingerprint density at radius 2 is 1.85 bits per heavy atom. The molecule has 2 aliphatic rings. The van der Waals surface area contributed by atoms with Crippen molar-refractivity contribution in [3.05, 3.63) is 64.7 Å². The van der Waals surface area contributed by atoms with Crippen LogP contribution in [-0.2, 0) is 20.8 Å². The molecule has 1 unspecified atom stereocenters. The number of hydrogen-bond donors (Lipinski definition) is 5. The summed E-state index contributed by atoms with van der Waals surface area (Å²) >= 11 is 6.07. The predicted octanol–water partition coefficient (Wildman–Crippen LogP) is 2.81. The molecule has 0 aromatic heterocycles. The van der Waals surface area contributed by atoms with Gasteiger partial charge in [0.25, 0.3) is 17.7 Å². The van der Waals surface area contributed by atoms with Gasteiger partial charge in [-0.05, 0) is 56.4 Å². The number of benzene rings is 2. The topological polar surface area (TPSA) is 137 Å². The lowest BCUT2D eigenvalue weighted by Crippen LogP contribution is -2.52. The first-order valence-electron chi connectivity index (χ1n) is 13.1. The average Bonchev–Trinajstić information content (AvgIpc) is 3.66. The number of carbonyl (C=O) groups is 4. The van der Waals surface area contributed by atoms with E-state index in [1.807, 2.05) is 6.92 Å². The SMILES string of the molecule is C[C@@H]1C[C@@H](C[C@H](NC(=O)c2cc(Cl)ccc2NC(=O)C(F)(F)Cc2ccccc2)C(O)C(=O)NC2CC2)C(=O)N1. The zero-order chi connectivity index (χ0) is 29.0. The second-order valence-corrected chi connectivity index (χ2v) is 10.8. The van der Waals surface area contributed by atoms with Gasteiger partial charge in [0.1, 0.15) is 0 Å². The Morgan fingerprint density at radius 1 is 1.15 bits per heavy atom. The van der Waals surface area contributed by atoms with E-state index in [9.17, 15) is 33.1 Å². The van der Waals surface area contributed by atoms with Gasteiger partial charge in [0, 0.05) is 29.4 Å². The molecule has 1 saturated heterocycles. The van der Waals surface area contributed by atoms with Crippen molar-refractivity contribution in [1.82, 2.24) is 16.0 Å². The Kier molecular flexibility index (Phi) is 9.05. The lowest BCUT2D eigenvalue weighted by molar-refractivity contribution is -0.139. The van der Waals surface area contributed by atoms with Crippen LogP contribution >= 0.6 is 11.6 Å². The van der Waals surface area contributed by atoms with E-state index >= 15 is 0 Å². The van der Waals surface area contributed by atoms with Crippen LogP contribution in [-0.4, -0.2) is 58.9 Å². The molecule has 1 heterocycles. The normalized spacial score (nSPS) is 20.3. The Labute approximate surface area is 235 Å². The molecule has 2 fully saturated rings. The number of nitrogens with one attached hydrogen (secondary N) is 4. The Hall–Kier alpha value is -3.57. The minimum Gasteiger partial charge on any atom is -0.381 e. The van der Waals surface area contributed by atoms with Crippen LogP contribution in [0.5, 0.6) is 0 Å². The van der Waals surface area contributed by atoms with E-state index in [1.165, 1.54) is 30.3 Å². The summed E-state index contributed by atoms with van der Waals surface area (Å²) in [5.74, 6) is -7.82. The minimum atomic E-state index is -3.79. The number of amides is 4. The van der Waals surface area contributed by atoms with Gasteiger partial charge in [-0.3, -0.25) is 19.2 Å². The minimum absolute atomic E-state index is 0.0431. The summed E-state index contributed by atoms with van der Waals surface area (Å²) in [6, 6.07) is 10.1. The molecule has 12 heteroatoms. The van der Waals surface area contributed by atoms with Crippen molar-refractivity contribution in [3.8, 4) is 0 Å². The number of carbonyl (C=O) groups excluding carboxylic acids is 4. The summed E-state index contributed by atoms with van der Waals surface area (Å²) in [5.41, 5.74) is -0.230. The van der Waals surface area contributed by atoms with Gasteiger partial charge < -0.3 is 26.4 Å². The van der Waals surface area contributed by atoms with Crippen molar-refractivity contribution in [2.24, 2.45) is 5.92 Å². The largest absolute Gasteiger partial charge is 0.381 e. The van der Waals surface area contributed by atoms with E-state index in [4.69, 9.17) is 11.6 Å². The quantitative estimate of drug-likeness (QED) is 0.280. The maximum absolute atomic E-state index is 14.8. The van der Waals surface area contributed by atoms with Crippen molar-refractivity contribution in [1.29, 1.82) is 0 Å². The number of hydrogen-bond acceptors (Lipinski definition) is 5. The predicted molar refractivity (Wildman–Crippen MR) is 144 cm³/mol. The van der Waals surface area contributed by atoms with Gasteiger partial charge in [0.15, 0.2) is 6.10 Å². The van der Waals surface area contributed by atoms with Crippen LogP contribution in [0.25, 0.3) is 0 Å². The van der Waals surface area contributed by atoms with Crippen molar-refractivity contribution in [2.45, 2.75) is 69.2 Å². The molecule has 9 nitrogen and oxygen atoms in total. The smallest absolute Gasteiger partial charge is 0.328 e. The first-order valence-corrected chi connectivity index (χ1v) is 13.4. The molecule has 4 atom stereocenters. The van der Waals surface area contributed by atoms with Crippen LogP contribution in [0.2, 0.25) is 5.02 Å². The first-order chi connectivity index (χ1) is 18.9. The molecule has 5 N–H and O–H groups in total. The number of anilines is 1. The van der Waals surface area contributed by atoms with Crippen LogP contribution in [0, 0.1) is 5.92 Å². The highest BCUT2D eigenvalue weighted by Gasteiger charge is 2.40. The summed E-state index contributed by atoms with van der Waals surface area (Å²) in [5, 5.41) is 21.0. The maximum Gasteiger partial charge on any atom is 0.328 e. The highest BCUT2D eigenvalue weighted by Crippen LogP contribution is 2.27. The molecule has 1 aliphatic heterocycles. The molecular weight excluding hydrogens is 546 g/mol. The summed E-state index contributed by atoms with van der Waals surface area (Å²) < 4.78 is 29.5. The first kappa shape index (κ1) is 29.4. The van der Waals surface area contributed by atoms with Gasteiger partial charge in [-0.2, -0.15) is 8.78 Å². The molecule has 4 rings (SSSR count). The van der Waals surface area contributed by atoms with Crippen LogP contribution in [0.4, 0.5) is 14.5 Å². The molecule has 1 aliphatic carbocycles. The summed E-state index contributed by atoms with van der Waals surface area (Å²) in [4.78, 5) is 50.9. The number of aliphatic hydroxyl groups excluding tert-OH is 1. The Morgan fingerprint density at radius 3 is 2.48 bits per heavy atom. The van der Waals surface area contributed by atoms with Crippen molar-refractivity contribution in [3.63, 3.8) is 0 Å². The van der Waals surface area contributed by atoms with Gasteiger partial charge >= 0.3 is 5.92 Å². The zero-order valence-corrected chi connectivity index (χ0v) is 22.5. The summed E-state index contributed by atoms with van der Waals surface area (Å²) in [7, 11) is 0. The monoisotopic (exact) mass is 576 g/mol. The molecular formula is C28H31ClF2N4O5. The Bertz CT molecular complexity index is 1270. The third-order valence-corrected chi connectivity index (χ3v) is 7.14. The van der Waals surface area contributed by atoms with Crippen LogP contribution in [0.1, 0.15) is 48.5 Å². The van der Waals surface area contributed by atoms with Crippen molar-refractivity contribution < 1.29 is 33.1 Å². The Balaban J connectivity index is 1.53. The average molecular weight is 577 g/mol. The fourth-order valence-electron chi connectivity index (χ4n) is 4.63. The standard InChI is InChI=1S/C28H31ClF2N4O5/c1-15-11-17(24(37)32-15)12-22(23(36)26(39)33-19-8-9-19)34-25(38)20-13-18(29)7-10-21(20)35-27(40)28(30,31)14-16-5-3-2-4-6-16/h2-7,10,13,15,17,19,22-23,36H,8-9,11-12,14H2,1H3,(H,32,37)(H,33,39)(H,34,38)(H,35,40)/t15-,17+,22+,23?/m1/s1. The van der Waals surface area contributed by atoms with E-state index in [-0.39, 0.29) is 46.2 Å². The van der Waals surface area contributed by atoms with Crippen LogP contribution in [0.3, 0.4) is 0 Å². The molecule has 40 heavy (non-hydrogen) atoms. The highest BCUT2D eigenvalue weighted by molar-refractivity contribution is 6.31. The summed E-state index contributed by atoms with van der Waals surface area (Å²) in [6.45, 7) is 1.82. The third-order valence-electron chi connectivity index (χ3n) is 6.90. The maximum atomic E-state index is 14.8. The number of aliphatic hydroxyl groups is 1. The lowest BCUT2D eigenvalue weighted by atomic mass is 9.93. The molecule has 4 amide bonds. The van der Waals surface area contributed by atoms with Gasteiger partial charge in [0.05, 0.1) is 17.3 Å². The van der Waals surface area contributed by atoms with Gasteiger partial charge in [-0.1, -0.05) is 41.9 Å². The highest BCUT2D eigenvalue weighted by atomic mass is 35.5. The number of halogens is 3. The van der Waals surface area contributed by atoms with Gasteiger partial charge in [0.2, 0.25) is 5.91 Å². The van der Waals surface area contributed by atoms with Crippen molar-refractivity contribution in [2.75, 3.05) is 5.32 Å². The van der Waals surface area contributed by atoms with Crippen molar-refractivity contribution >= 4 is 40.9 Å². The van der Waals surface area contributed by atoms with E-state index in [2.05, 4.69) is 21.3 Å². The molecule has 0 spiro atoms. The van der Waals surface area contributed by atoms with E-state index in [0.717, 1.165) is 12.8 Å². The molecule has 2 aromatic rings. The second kappa shape index (κ2) is 12.3. The van der Waals surface area contributed by atoms with Crippen LogP contribution < -0.4 is 21.3 Å². The third kappa shape index (κ3) is 7.54. The fraction of sp³-hybridized carbons (Fsp3) is 0.429. The fourth-order valence-corrected chi connectivity index (χ4v) is 4.80. The van der Waals surface area contributed by atoms with E-state index < -0.39 is 48.1 Å². The van der Waals surface area contributed by atoms with Crippen LogP contribution in [0.15, 0.2) is 48.5 Å². The molecule has 0 bridgehead atoms. The molecule has 0 radical (unpaired) electrons. The number of rotatable bonds is 11. The molecule has 214 valence electrons. The van der Waals surface area contributed by atoms with E-state index in [1.54, 1.807) is 18.2 Å². The number of alkyl halides is 2. The van der Waals surface area contributed by atoms with E-state index in [0.29, 0.717) is 6.42 Å². The molecule has 1 saturated carbocycles. The second-order valence-electron chi connectivity index (χ2n) is 10.4. The summed E-state index contributed by atoms with van der Waals surface area (Å²) in [6.07, 6.45) is -0.575. The van der Waals surface area contributed by atoms with Gasteiger partial charge in [-0.15, -0.1) is 0 Å². The lowest BCUT2D eigenvalue weighted by Gasteiger charge is -2.26. The zero-order valence-electron chi connectivity index (χ0n) is 21.8.